The lowest BCUT2D eigenvalue weighted by Gasteiger charge is -2.45. The first-order valence-corrected chi connectivity index (χ1v) is 11.9. The average Bonchev–Trinajstić information content (AvgIpc) is 3.35. The Morgan fingerprint density at radius 3 is 2.33 bits per heavy atom. The molecular formula is C20H25FN6O8S. The Morgan fingerprint density at radius 1 is 1.03 bits per heavy atom. The van der Waals surface area contributed by atoms with Gasteiger partial charge >= 0.3 is 0 Å². The molecule has 0 bridgehead atoms. The van der Waals surface area contributed by atoms with Crippen LogP contribution in [-0.2, 0) is 9.47 Å². The fourth-order valence-electron chi connectivity index (χ4n) is 4.20. The van der Waals surface area contributed by atoms with E-state index in [2.05, 4.69) is 20.3 Å². The van der Waals surface area contributed by atoms with Gasteiger partial charge in [-0.15, -0.1) is 5.10 Å². The smallest absolute Gasteiger partial charge is 0.134 e. The molecule has 36 heavy (non-hydrogen) atoms. The summed E-state index contributed by atoms with van der Waals surface area (Å²) >= 11 is 0.750. The van der Waals surface area contributed by atoms with Gasteiger partial charge in [-0.3, -0.25) is 0 Å². The highest BCUT2D eigenvalue weighted by molar-refractivity contribution is 8.00. The van der Waals surface area contributed by atoms with Gasteiger partial charge in [0.15, 0.2) is 0 Å². The van der Waals surface area contributed by atoms with Crippen LogP contribution in [0.5, 0.6) is 0 Å². The highest BCUT2D eigenvalue weighted by Gasteiger charge is 2.50. The van der Waals surface area contributed by atoms with Crippen LogP contribution >= 0.6 is 11.8 Å². The first kappa shape index (κ1) is 26.7. The predicted molar refractivity (Wildman–Crippen MR) is 120 cm³/mol. The van der Waals surface area contributed by atoms with Crippen LogP contribution in [0, 0.1) is 5.82 Å². The van der Waals surface area contributed by atoms with E-state index in [1.54, 1.807) is 6.07 Å². The van der Waals surface area contributed by atoms with E-state index >= 15 is 0 Å². The molecule has 2 aliphatic heterocycles. The monoisotopic (exact) mass is 528 g/mol. The van der Waals surface area contributed by atoms with Gasteiger partial charge in [-0.05, 0) is 17.7 Å². The number of hydrogen-bond acceptors (Lipinski definition) is 12. The van der Waals surface area contributed by atoms with E-state index in [4.69, 9.17) is 15.0 Å². The van der Waals surface area contributed by atoms with Crippen LogP contribution in [0.1, 0.15) is 6.04 Å². The normalized spacial score (nSPS) is 36.9. The Morgan fingerprint density at radius 2 is 1.69 bits per heavy atom. The van der Waals surface area contributed by atoms with Gasteiger partial charge < -0.3 is 40.1 Å². The summed E-state index contributed by atoms with van der Waals surface area (Å²) in [5, 5.41) is 73.3. The molecule has 0 radical (unpaired) electrons. The van der Waals surface area contributed by atoms with Crippen molar-refractivity contribution in [1.82, 2.24) is 15.0 Å². The third-order valence-corrected chi connectivity index (χ3v) is 7.40. The van der Waals surface area contributed by atoms with E-state index in [1.165, 1.54) is 29.1 Å². The van der Waals surface area contributed by atoms with Gasteiger partial charge in [0.1, 0.15) is 58.9 Å². The second-order valence-electron chi connectivity index (χ2n) is 8.33. The van der Waals surface area contributed by atoms with Crippen molar-refractivity contribution in [2.75, 3.05) is 13.2 Å². The summed E-state index contributed by atoms with van der Waals surface area (Å²) in [6.07, 6.45) is -6.90. The molecule has 0 spiro atoms. The summed E-state index contributed by atoms with van der Waals surface area (Å²) in [4.78, 5) is 2.61. The van der Waals surface area contributed by atoms with Gasteiger partial charge in [-0.25, -0.2) is 9.07 Å². The number of aromatic nitrogens is 3. The third-order valence-electron chi connectivity index (χ3n) is 6.09. The van der Waals surface area contributed by atoms with Gasteiger partial charge in [-0.2, -0.15) is 0 Å². The third kappa shape index (κ3) is 5.19. The summed E-state index contributed by atoms with van der Waals surface area (Å²) < 4.78 is 26.0. The first-order chi connectivity index (χ1) is 17.3. The average molecular weight is 529 g/mol. The number of rotatable bonds is 7. The zero-order valence-corrected chi connectivity index (χ0v) is 19.4. The second kappa shape index (κ2) is 11.4. The fraction of sp³-hybridized carbons (Fsp3) is 0.600. The lowest BCUT2D eigenvalue weighted by atomic mass is 9.97. The molecule has 1 aromatic heterocycles. The summed E-state index contributed by atoms with van der Waals surface area (Å²) in [5.41, 5.74) is 7.04. The molecule has 16 heteroatoms. The number of benzene rings is 1. The lowest BCUT2D eigenvalue weighted by Crippen LogP contribution is -2.59. The molecule has 0 aliphatic carbocycles. The molecule has 2 aromatic rings. The van der Waals surface area contributed by atoms with Crippen molar-refractivity contribution in [3.05, 3.63) is 46.7 Å². The molecule has 2 aliphatic rings. The number of nitrogens with zero attached hydrogens (tertiary/aromatic N) is 6. The lowest BCUT2D eigenvalue weighted by molar-refractivity contribution is -0.183. The van der Waals surface area contributed by atoms with Crippen molar-refractivity contribution in [2.45, 2.75) is 59.6 Å². The molecule has 0 saturated carbocycles. The Labute approximate surface area is 207 Å². The largest absolute Gasteiger partial charge is 0.394 e. The molecule has 2 fully saturated rings. The van der Waals surface area contributed by atoms with Crippen molar-refractivity contribution >= 4 is 11.8 Å². The summed E-state index contributed by atoms with van der Waals surface area (Å²) in [5.74, 6) is -0.485. The minimum Gasteiger partial charge on any atom is -0.394 e. The maximum atomic E-state index is 13.6. The van der Waals surface area contributed by atoms with Crippen molar-refractivity contribution in [3.63, 3.8) is 0 Å². The Kier molecular flexibility index (Phi) is 8.41. The van der Waals surface area contributed by atoms with Crippen molar-refractivity contribution in [2.24, 2.45) is 5.11 Å². The minimum absolute atomic E-state index is 0.271. The maximum Gasteiger partial charge on any atom is 0.134 e. The van der Waals surface area contributed by atoms with Gasteiger partial charge in [-0.1, -0.05) is 34.2 Å². The summed E-state index contributed by atoms with van der Waals surface area (Å²) in [6.45, 7) is -1.26. The SMILES string of the molecule is [N-]=[N+]=NC1C(O)[C@@H](CO)O[C@@H](S[C@@H]2OC(CO)[C@H](O)C(n3cc(-c4cccc(F)c4)nn3)C2O)[C@@H]1O. The van der Waals surface area contributed by atoms with Gasteiger partial charge in [0.25, 0.3) is 0 Å². The molecular weight excluding hydrogens is 503 g/mol. The van der Waals surface area contributed by atoms with Crippen molar-refractivity contribution in [1.29, 1.82) is 0 Å². The maximum absolute atomic E-state index is 13.6. The molecule has 14 nitrogen and oxygen atoms in total. The van der Waals surface area contributed by atoms with Crippen LogP contribution < -0.4 is 0 Å². The number of aliphatic hydroxyl groups is 6. The van der Waals surface area contributed by atoms with E-state index in [0.29, 0.717) is 5.56 Å². The number of azide groups is 1. The van der Waals surface area contributed by atoms with Crippen LogP contribution in [0.2, 0.25) is 0 Å². The summed E-state index contributed by atoms with van der Waals surface area (Å²) in [7, 11) is 0. The number of aliphatic hydroxyl groups excluding tert-OH is 6. The first-order valence-electron chi connectivity index (χ1n) is 10.9. The number of thioether (sulfide) groups is 1. The molecule has 196 valence electrons. The zero-order chi connectivity index (χ0) is 26.0. The molecule has 5 unspecified atom stereocenters. The van der Waals surface area contributed by atoms with Crippen LogP contribution in [-0.4, -0.2) is 112 Å². The van der Waals surface area contributed by atoms with Gasteiger partial charge in [0, 0.05) is 10.5 Å². The molecule has 6 N–H and O–H groups in total. The van der Waals surface area contributed by atoms with E-state index in [9.17, 15) is 35.0 Å². The van der Waals surface area contributed by atoms with Crippen LogP contribution in [0.4, 0.5) is 4.39 Å². The van der Waals surface area contributed by atoms with Crippen LogP contribution in [0.3, 0.4) is 0 Å². The molecule has 2 saturated heterocycles. The van der Waals surface area contributed by atoms with E-state index < -0.39 is 78.6 Å². The number of halogens is 1. The molecule has 3 heterocycles. The Balaban J connectivity index is 1.59. The highest BCUT2D eigenvalue weighted by Crippen LogP contribution is 2.40. The standard InChI is InChI=1S/C20H25FN6O8S/c21-9-3-1-2-8(4-9)10-5-27(26-23-10)14-16(31)12(7-29)35-20(18(14)33)36-19-17(32)13(24-25-22)15(30)11(6-28)34-19/h1-5,11-20,28-33H,6-7H2/t11-,12?,13?,14?,15?,16+,17-,18?,19+,20+/m1/s1. The van der Waals surface area contributed by atoms with Gasteiger partial charge in [0.2, 0.25) is 0 Å². The van der Waals surface area contributed by atoms with Crippen LogP contribution in [0.25, 0.3) is 21.7 Å². The number of hydrogen-bond donors (Lipinski definition) is 6. The Hall–Kier alpha value is -2.37. The van der Waals surface area contributed by atoms with Crippen LogP contribution in [0.15, 0.2) is 35.6 Å². The predicted octanol–water partition coefficient (Wildman–Crippen LogP) is -1.08. The fourth-order valence-corrected chi connectivity index (χ4v) is 5.53. The quantitative estimate of drug-likeness (QED) is 0.144. The summed E-state index contributed by atoms with van der Waals surface area (Å²) in [6, 6.07) is 3.09. The molecule has 1 aromatic carbocycles. The van der Waals surface area contributed by atoms with E-state index in [0.717, 1.165) is 11.8 Å². The van der Waals surface area contributed by atoms with Gasteiger partial charge in [0.05, 0.1) is 31.6 Å². The van der Waals surface area contributed by atoms with Crippen molar-refractivity contribution in [3.8, 4) is 11.3 Å². The van der Waals surface area contributed by atoms with Crippen molar-refractivity contribution < 1.29 is 44.5 Å². The minimum atomic E-state index is -1.54. The van der Waals surface area contributed by atoms with E-state index in [-0.39, 0.29) is 5.69 Å². The Bertz CT molecular complexity index is 1090. The zero-order valence-electron chi connectivity index (χ0n) is 18.5. The van der Waals surface area contributed by atoms with E-state index in [1.807, 2.05) is 0 Å². The molecule has 0 amide bonds. The molecule has 4 rings (SSSR count). The number of ether oxygens (including phenoxy) is 2. The molecule has 10 atom stereocenters. The second-order valence-corrected chi connectivity index (χ2v) is 9.53. The highest BCUT2D eigenvalue weighted by atomic mass is 32.2. The topological polar surface area (TPSA) is 219 Å².